The van der Waals surface area contributed by atoms with Gasteiger partial charge in [-0.1, -0.05) is 30.3 Å². The van der Waals surface area contributed by atoms with E-state index in [1.807, 2.05) is 30.3 Å². The average molecular weight is 279 g/mol. The van der Waals surface area contributed by atoms with Gasteiger partial charge in [0.1, 0.15) is 6.61 Å². The molecule has 0 saturated carbocycles. The Morgan fingerprint density at radius 1 is 1.30 bits per heavy atom. The normalized spacial score (nSPS) is 21.8. The van der Waals surface area contributed by atoms with Crippen molar-refractivity contribution < 1.29 is 24.5 Å². The largest absolute Gasteiger partial charge is 0.481 e. The van der Waals surface area contributed by atoms with Crippen LogP contribution in [0.25, 0.3) is 0 Å². The molecule has 2 rings (SSSR count). The molecule has 1 fully saturated rings. The Hall–Kier alpha value is -2.08. The van der Waals surface area contributed by atoms with Gasteiger partial charge in [0.25, 0.3) is 0 Å². The average Bonchev–Trinajstić information content (AvgIpc) is 2.77. The quantitative estimate of drug-likeness (QED) is 0.865. The summed E-state index contributed by atoms with van der Waals surface area (Å²) in [5, 5.41) is 18.4. The molecule has 1 heterocycles. The molecule has 108 valence electrons. The molecule has 0 unspecified atom stereocenters. The predicted octanol–water partition coefficient (Wildman–Crippen LogP) is 1.23. The zero-order valence-electron chi connectivity index (χ0n) is 10.9. The van der Waals surface area contributed by atoms with Crippen LogP contribution in [0, 0.1) is 0 Å². The molecule has 1 aromatic rings. The fraction of sp³-hybridized carbons (Fsp3) is 0.429. The first-order valence-corrected chi connectivity index (χ1v) is 6.43. The van der Waals surface area contributed by atoms with Gasteiger partial charge in [-0.3, -0.25) is 4.79 Å². The molecule has 0 bridgehead atoms. The fourth-order valence-electron chi connectivity index (χ4n) is 2.31. The Kier molecular flexibility index (Phi) is 4.57. The lowest BCUT2D eigenvalue weighted by Gasteiger charge is -2.22. The van der Waals surface area contributed by atoms with Crippen LogP contribution in [-0.4, -0.2) is 45.9 Å². The number of hydrogen-bond donors (Lipinski definition) is 2. The predicted molar refractivity (Wildman–Crippen MR) is 70.0 cm³/mol. The van der Waals surface area contributed by atoms with E-state index in [-0.39, 0.29) is 26.0 Å². The topological polar surface area (TPSA) is 87.1 Å². The lowest BCUT2D eigenvalue weighted by molar-refractivity contribution is -0.138. The Labute approximate surface area is 116 Å². The number of aliphatic hydroxyl groups excluding tert-OH is 1. The van der Waals surface area contributed by atoms with Crippen molar-refractivity contribution in [1.82, 2.24) is 4.90 Å². The van der Waals surface area contributed by atoms with E-state index in [1.54, 1.807) is 0 Å². The molecule has 2 N–H and O–H groups in total. The molecule has 0 radical (unpaired) electrons. The number of carboxylic acids is 1. The third-order valence-electron chi connectivity index (χ3n) is 3.24. The number of rotatable bonds is 4. The van der Waals surface area contributed by atoms with Gasteiger partial charge in [0.15, 0.2) is 0 Å². The van der Waals surface area contributed by atoms with Crippen molar-refractivity contribution in [1.29, 1.82) is 0 Å². The van der Waals surface area contributed by atoms with Crippen LogP contribution in [0.3, 0.4) is 0 Å². The number of benzene rings is 1. The summed E-state index contributed by atoms with van der Waals surface area (Å²) in [6.07, 6.45) is -1.19. The highest BCUT2D eigenvalue weighted by atomic mass is 16.6. The van der Waals surface area contributed by atoms with Crippen LogP contribution in [0.4, 0.5) is 4.79 Å². The molecular weight excluding hydrogens is 262 g/mol. The lowest BCUT2D eigenvalue weighted by atomic mass is 10.1. The number of hydrogen-bond acceptors (Lipinski definition) is 4. The number of carboxylic acid groups (broad SMARTS) is 1. The SMILES string of the molecule is O=C(O)C[C@H]1C[C@@H](O)CN1C(=O)OCc1ccccc1. The summed E-state index contributed by atoms with van der Waals surface area (Å²) in [4.78, 5) is 24.0. The monoisotopic (exact) mass is 279 g/mol. The molecule has 20 heavy (non-hydrogen) atoms. The highest BCUT2D eigenvalue weighted by Gasteiger charge is 2.36. The van der Waals surface area contributed by atoms with Crippen molar-refractivity contribution in [2.45, 2.75) is 31.6 Å². The van der Waals surface area contributed by atoms with Crippen LogP contribution < -0.4 is 0 Å². The van der Waals surface area contributed by atoms with Gasteiger partial charge in [0.05, 0.1) is 19.1 Å². The maximum atomic E-state index is 12.0. The van der Waals surface area contributed by atoms with E-state index in [0.717, 1.165) is 5.56 Å². The van der Waals surface area contributed by atoms with E-state index < -0.39 is 24.2 Å². The van der Waals surface area contributed by atoms with Crippen molar-refractivity contribution in [3.63, 3.8) is 0 Å². The molecular formula is C14H17NO5. The summed E-state index contributed by atoms with van der Waals surface area (Å²) in [6.45, 7) is 0.248. The third kappa shape index (κ3) is 3.71. The van der Waals surface area contributed by atoms with Gasteiger partial charge in [0.2, 0.25) is 0 Å². The summed E-state index contributed by atoms with van der Waals surface area (Å²) in [5.74, 6) is -0.995. The van der Waals surface area contributed by atoms with Crippen molar-refractivity contribution in [3.05, 3.63) is 35.9 Å². The number of amides is 1. The molecule has 1 amide bonds. The van der Waals surface area contributed by atoms with E-state index in [4.69, 9.17) is 9.84 Å². The first-order chi connectivity index (χ1) is 9.56. The second-order valence-electron chi connectivity index (χ2n) is 4.83. The number of nitrogens with zero attached hydrogens (tertiary/aromatic N) is 1. The van der Waals surface area contributed by atoms with Crippen molar-refractivity contribution in [2.75, 3.05) is 6.54 Å². The summed E-state index contributed by atoms with van der Waals surface area (Å²) < 4.78 is 5.16. The van der Waals surface area contributed by atoms with Gasteiger partial charge in [0, 0.05) is 6.04 Å². The van der Waals surface area contributed by atoms with E-state index >= 15 is 0 Å². The molecule has 1 saturated heterocycles. The summed E-state index contributed by atoms with van der Waals surface area (Å²) in [6, 6.07) is 8.71. The Morgan fingerprint density at radius 2 is 2.00 bits per heavy atom. The van der Waals surface area contributed by atoms with Crippen LogP contribution in [0.15, 0.2) is 30.3 Å². The van der Waals surface area contributed by atoms with E-state index in [9.17, 15) is 14.7 Å². The molecule has 1 aliphatic rings. The van der Waals surface area contributed by atoms with Gasteiger partial charge in [-0.2, -0.15) is 0 Å². The van der Waals surface area contributed by atoms with Crippen molar-refractivity contribution in [3.8, 4) is 0 Å². The maximum Gasteiger partial charge on any atom is 0.410 e. The van der Waals surface area contributed by atoms with Gasteiger partial charge < -0.3 is 19.8 Å². The molecule has 0 aromatic heterocycles. The summed E-state index contributed by atoms with van der Waals surface area (Å²) in [5.41, 5.74) is 0.857. The number of aliphatic carboxylic acids is 1. The third-order valence-corrected chi connectivity index (χ3v) is 3.24. The minimum absolute atomic E-state index is 0.117. The van der Waals surface area contributed by atoms with E-state index in [1.165, 1.54) is 4.90 Å². The van der Waals surface area contributed by atoms with Crippen LogP contribution in [0.5, 0.6) is 0 Å². The number of ether oxygens (including phenoxy) is 1. The molecule has 1 aromatic carbocycles. The Balaban J connectivity index is 1.91. The first-order valence-electron chi connectivity index (χ1n) is 6.43. The molecule has 0 spiro atoms. The van der Waals surface area contributed by atoms with Gasteiger partial charge in [-0.25, -0.2) is 4.79 Å². The second-order valence-corrected chi connectivity index (χ2v) is 4.83. The Bertz CT molecular complexity index is 476. The maximum absolute atomic E-state index is 12.0. The van der Waals surface area contributed by atoms with Crippen LogP contribution in [0.2, 0.25) is 0 Å². The molecule has 2 atom stereocenters. The minimum Gasteiger partial charge on any atom is -0.481 e. The first kappa shape index (κ1) is 14.3. The van der Waals surface area contributed by atoms with E-state index in [2.05, 4.69) is 0 Å². The number of likely N-dealkylation sites (tertiary alicyclic amines) is 1. The van der Waals surface area contributed by atoms with Crippen molar-refractivity contribution >= 4 is 12.1 Å². The molecule has 1 aliphatic heterocycles. The molecule has 6 nitrogen and oxygen atoms in total. The lowest BCUT2D eigenvalue weighted by Crippen LogP contribution is -2.37. The Morgan fingerprint density at radius 3 is 2.65 bits per heavy atom. The van der Waals surface area contributed by atoms with E-state index in [0.29, 0.717) is 0 Å². The highest BCUT2D eigenvalue weighted by Crippen LogP contribution is 2.22. The molecule has 0 aliphatic carbocycles. The summed E-state index contributed by atoms with van der Waals surface area (Å²) in [7, 11) is 0. The molecule has 6 heteroatoms. The second kappa shape index (κ2) is 6.38. The number of aliphatic hydroxyl groups is 1. The smallest absolute Gasteiger partial charge is 0.410 e. The number of carbonyl (C=O) groups is 2. The summed E-state index contributed by atoms with van der Waals surface area (Å²) >= 11 is 0. The van der Waals surface area contributed by atoms with Crippen LogP contribution >= 0.6 is 0 Å². The van der Waals surface area contributed by atoms with Gasteiger partial charge >= 0.3 is 12.1 Å². The van der Waals surface area contributed by atoms with Crippen molar-refractivity contribution in [2.24, 2.45) is 0 Å². The standard InChI is InChI=1S/C14H17NO5/c16-12-6-11(7-13(17)18)15(8-12)14(19)20-9-10-4-2-1-3-5-10/h1-5,11-12,16H,6-9H2,(H,17,18)/t11-,12-/m1/s1. The van der Waals surface area contributed by atoms with Crippen LogP contribution in [0.1, 0.15) is 18.4 Å². The zero-order chi connectivity index (χ0) is 14.5. The zero-order valence-corrected chi connectivity index (χ0v) is 10.9. The number of carbonyl (C=O) groups excluding carboxylic acids is 1. The van der Waals surface area contributed by atoms with Gasteiger partial charge in [-0.05, 0) is 12.0 Å². The number of β-amino-alcohol motifs (C(OH)–C–C–N with tert-alkyl or cyclic N) is 1. The van der Waals surface area contributed by atoms with Gasteiger partial charge in [-0.15, -0.1) is 0 Å². The fourth-order valence-corrected chi connectivity index (χ4v) is 2.31. The van der Waals surface area contributed by atoms with Crippen LogP contribution in [-0.2, 0) is 16.1 Å². The minimum atomic E-state index is -0.995. The highest BCUT2D eigenvalue weighted by molar-refractivity contribution is 5.72.